The van der Waals surface area contributed by atoms with E-state index in [4.69, 9.17) is 0 Å². The van der Waals surface area contributed by atoms with Gasteiger partial charge in [0.2, 0.25) is 0 Å². The molecule has 2 nitrogen and oxygen atoms in total. The van der Waals surface area contributed by atoms with Crippen molar-refractivity contribution >= 4 is 10.8 Å². The topological polar surface area (TPSA) is 29.1 Å². The van der Waals surface area contributed by atoms with Crippen LogP contribution in [0.25, 0.3) is 0 Å². The lowest BCUT2D eigenvalue weighted by atomic mass is 9.87. The highest BCUT2D eigenvalue weighted by atomic mass is 32.2. The maximum atomic E-state index is 12.6. The minimum absolute atomic E-state index is 0.156. The van der Waals surface area contributed by atoms with Gasteiger partial charge in [-0.1, -0.05) is 39.8 Å². The van der Waals surface area contributed by atoms with Crippen molar-refractivity contribution in [2.45, 2.75) is 68.6 Å². The van der Waals surface area contributed by atoms with E-state index in [1.807, 2.05) is 0 Å². The Balaban J connectivity index is 2.03. The normalized spacial score (nSPS) is 24.8. The van der Waals surface area contributed by atoms with Gasteiger partial charge in [0.25, 0.3) is 0 Å². The Morgan fingerprint density at radius 2 is 1.85 bits per heavy atom. The molecule has 1 aromatic rings. The average Bonchev–Trinajstić information content (AvgIpc) is 2.86. The molecule has 20 heavy (non-hydrogen) atoms. The largest absolute Gasteiger partial charge is 0.314 e. The third-order valence-electron chi connectivity index (χ3n) is 4.13. The molecule has 2 rings (SSSR count). The summed E-state index contributed by atoms with van der Waals surface area (Å²) in [4.78, 5) is 0.986. The molecule has 0 amide bonds. The Morgan fingerprint density at radius 3 is 2.40 bits per heavy atom. The van der Waals surface area contributed by atoms with Crippen molar-refractivity contribution in [3.63, 3.8) is 0 Å². The zero-order valence-corrected chi connectivity index (χ0v) is 13.9. The second kappa shape index (κ2) is 6.40. The van der Waals surface area contributed by atoms with E-state index >= 15 is 0 Å². The molecule has 112 valence electrons. The highest BCUT2D eigenvalue weighted by molar-refractivity contribution is 7.85. The van der Waals surface area contributed by atoms with E-state index in [-0.39, 0.29) is 5.41 Å². The van der Waals surface area contributed by atoms with Crippen LogP contribution in [0.4, 0.5) is 0 Å². The first-order valence-corrected chi connectivity index (χ1v) is 8.87. The molecule has 0 aromatic heterocycles. The van der Waals surface area contributed by atoms with Crippen LogP contribution in [0.2, 0.25) is 0 Å². The van der Waals surface area contributed by atoms with Gasteiger partial charge in [-0.2, -0.15) is 0 Å². The highest BCUT2D eigenvalue weighted by Gasteiger charge is 2.29. The fraction of sp³-hybridized carbons (Fsp3) is 0.647. The van der Waals surface area contributed by atoms with Crippen LogP contribution in [0.5, 0.6) is 0 Å². The summed E-state index contributed by atoms with van der Waals surface area (Å²) in [7, 11) is -0.858. The zero-order valence-electron chi connectivity index (χ0n) is 13.1. The fourth-order valence-corrected chi connectivity index (χ4v) is 4.44. The SMILES string of the molecule is CCNC1CCC(S(=O)c2ccc(C(C)(C)C)cc2)C1. The molecular formula is C17H27NOS. The molecule has 1 aliphatic carbocycles. The second-order valence-electron chi connectivity index (χ2n) is 6.76. The molecule has 1 N–H and O–H groups in total. The molecule has 0 spiro atoms. The number of benzene rings is 1. The molecule has 1 fully saturated rings. The van der Waals surface area contributed by atoms with Crippen LogP contribution < -0.4 is 5.32 Å². The maximum Gasteiger partial charge on any atom is 0.0561 e. The van der Waals surface area contributed by atoms with E-state index in [1.165, 1.54) is 5.56 Å². The quantitative estimate of drug-likeness (QED) is 0.918. The molecule has 3 heteroatoms. The van der Waals surface area contributed by atoms with Gasteiger partial charge in [-0.3, -0.25) is 4.21 Å². The maximum absolute atomic E-state index is 12.6. The van der Waals surface area contributed by atoms with Crippen LogP contribution in [0.1, 0.15) is 52.5 Å². The Morgan fingerprint density at radius 1 is 1.20 bits per heavy atom. The van der Waals surface area contributed by atoms with Crippen molar-refractivity contribution in [1.29, 1.82) is 0 Å². The van der Waals surface area contributed by atoms with Gasteiger partial charge in [0.15, 0.2) is 0 Å². The van der Waals surface area contributed by atoms with Gasteiger partial charge in [0, 0.05) is 16.2 Å². The average molecular weight is 293 g/mol. The fourth-order valence-electron chi connectivity index (χ4n) is 2.89. The highest BCUT2D eigenvalue weighted by Crippen LogP contribution is 2.29. The van der Waals surface area contributed by atoms with Gasteiger partial charge >= 0.3 is 0 Å². The molecular weight excluding hydrogens is 266 g/mol. The summed E-state index contributed by atoms with van der Waals surface area (Å²) in [6.07, 6.45) is 3.27. The number of hydrogen-bond acceptors (Lipinski definition) is 2. The van der Waals surface area contributed by atoms with Gasteiger partial charge in [0.05, 0.1) is 10.8 Å². The Labute approximate surface area is 125 Å². The molecule has 3 unspecified atom stereocenters. The lowest BCUT2D eigenvalue weighted by Gasteiger charge is -2.19. The molecule has 0 saturated heterocycles. The van der Waals surface area contributed by atoms with Crippen LogP contribution in [-0.2, 0) is 16.2 Å². The van der Waals surface area contributed by atoms with Crippen molar-refractivity contribution in [3.8, 4) is 0 Å². The minimum Gasteiger partial charge on any atom is -0.314 e. The predicted molar refractivity (Wildman–Crippen MR) is 86.7 cm³/mol. The summed E-state index contributed by atoms with van der Waals surface area (Å²) in [6, 6.07) is 8.92. The molecule has 1 saturated carbocycles. The van der Waals surface area contributed by atoms with Crippen molar-refractivity contribution in [3.05, 3.63) is 29.8 Å². The number of nitrogens with one attached hydrogen (secondary N) is 1. The summed E-state index contributed by atoms with van der Waals surface area (Å²) in [5.74, 6) is 0. The summed E-state index contributed by atoms with van der Waals surface area (Å²) < 4.78 is 12.6. The molecule has 0 radical (unpaired) electrons. The predicted octanol–water partition coefficient (Wildman–Crippen LogP) is 3.62. The first-order chi connectivity index (χ1) is 9.41. The van der Waals surface area contributed by atoms with Gasteiger partial charge in [-0.05, 0) is 48.9 Å². The zero-order chi connectivity index (χ0) is 14.8. The van der Waals surface area contributed by atoms with Crippen molar-refractivity contribution in [2.24, 2.45) is 0 Å². The number of rotatable bonds is 4. The summed E-state index contributed by atoms with van der Waals surface area (Å²) in [6.45, 7) is 9.75. The standard InChI is InChI=1S/C17H27NOS/c1-5-18-14-8-11-16(12-14)20(19)15-9-6-13(7-10-15)17(2,3)4/h6-7,9-10,14,16,18H,5,8,11-12H2,1-4H3. The lowest BCUT2D eigenvalue weighted by Crippen LogP contribution is -2.27. The van der Waals surface area contributed by atoms with Gasteiger partial charge in [0.1, 0.15) is 0 Å². The van der Waals surface area contributed by atoms with E-state index in [2.05, 4.69) is 57.3 Å². The van der Waals surface area contributed by atoms with Crippen molar-refractivity contribution in [2.75, 3.05) is 6.54 Å². The Hall–Kier alpha value is -0.670. The molecule has 0 bridgehead atoms. The van der Waals surface area contributed by atoms with Crippen molar-refractivity contribution in [1.82, 2.24) is 5.32 Å². The van der Waals surface area contributed by atoms with Crippen LogP contribution in [0, 0.1) is 0 Å². The Kier molecular flexibility index (Phi) is 5.03. The minimum atomic E-state index is -0.858. The third kappa shape index (κ3) is 3.70. The first-order valence-electron chi connectivity index (χ1n) is 7.66. The van der Waals surface area contributed by atoms with Gasteiger partial charge in [-0.15, -0.1) is 0 Å². The van der Waals surface area contributed by atoms with Crippen LogP contribution >= 0.6 is 0 Å². The number of hydrogen-bond donors (Lipinski definition) is 1. The monoisotopic (exact) mass is 293 g/mol. The van der Waals surface area contributed by atoms with Gasteiger partial charge < -0.3 is 5.32 Å². The summed E-state index contributed by atoms with van der Waals surface area (Å²) >= 11 is 0. The van der Waals surface area contributed by atoms with E-state index in [9.17, 15) is 4.21 Å². The first kappa shape index (κ1) is 15.7. The van der Waals surface area contributed by atoms with Crippen LogP contribution in [-0.4, -0.2) is 22.0 Å². The third-order valence-corrected chi connectivity index (χ3v) is 5.90. The smallest absolute Gasteiger partial charge is 0.0561 e. The van der Waals surface area contributed by atoms with E-state index in [0.717, 1.165) is 30.7 Å². The van der Waals surface area contributed by atoms with E-state index in [0.29, 0.717) is 11.3 Å². The summed E-state index contributed by atoms with van der Waals surface area (Å²) in [5, 5.41) is 3.79. The molecule has 1 aliphatic rings. The van der Waals surface area contributed by atoms with Crippen LogP contribution in [0.3, 0.4) is 0 Å². The van der Waals surface area contributed by atoms with Crippen molar-refractivity contribution < 1.29 is 4.21 Å². The van der Waals surface area contributed by atoms with Gasteiger partial charge in [-0.25, -0.2) is 0 Å². The molecule has 0 heterocycles. The lowest BCUT2D eigenvalue weighted by molar-refractivity contribution is 0.542. The van der Waals surface area contributed by atoms with Crippen LogP contribution in [0.15, 0.2) is 29.2 Å². The Bertz CT molecular complexity index is 461. The molecule has 0 aliphatic heterocycles. The summed E-state index contributed by atoms with van der Waals surface area (Å²) in [5.41, 5.74) is 1.46. The van der Waals surface area contributed by atoms with E-state index in [1.54, 1.807) is 0 Å². The second-order valence-corrected chi connectivity index (χ2v) is 8.49. The molecule has 1 aromatic carbocycles. The molecule has 3 atom stereocenters. The van der Waals surface area contributed by atoms with E-state index < -0.39 is 10.8 Å².